The van der Waals surface area contributed by atoms with Gasteiger partial charge in [0.2, 0.25) is 0 Å². The van der Waals surface area contributed by atoms with E-state index in [0.717, 1.165) is 19.5 Å². The molecule has 0 aromatic heterocycles. The maximum atomic E-state index is 11.5. The molecule has 0 radical (unpaired) electrons. The Kier molecular flexibility index (Phi) is 2.55. The summed E-state index contributed by atoms with van der Waals surface area (Å²) in [5.74, 6) is 0. The number of urea groups is 1. The summed E-state index contributed by atoms with van der Waals surface area (Å²) in [4.78, 5) is 13.3. The number of carbonyl (C=O) groups is 1. The van der Waals surface area contributed by atoms with Crippen LogP contribution >= 0.6 is 0 Å². The van der Waals surface area contributed by atoms with E-state index in [4.69, 9.17) is 5.26 Å². The van der Waals surface area contributed by atoms with Crippen molar-refractivity contribution in [3.05, 3.63) is 29.8 Å². The van der Waals surface area contributed by atoms with Gasteiger partial charge in [-0.25, -0.2) is 4.79 Å². The van der Waals surface area contributed by atoms with Crippen molar-refractivity contribution in [2.45, 2.75) is 6.42 Å². The molecule has 1 saturated heterocycles. The van der Waals surface area contributed by atoms with Gasteiger partial charge in [0, 0.05) is 18.8 Å². The van der Waals surface area contributed by atoms with Crippen LogP contribution in [-0.2, 0) is 0 Å². The van der Waals surface area contributed by atoms with E-state index in [2.05, 4.69) is 5.32 Å². The Balaban J connectivity index is 2.03. The van der Waals surface area contributed by atoms with Crippen LogP contribution in [0.1, 0.15) is 12.0 Å². The predicted molar refractivity (Wildman–Crippen MR) is 56.4 cm³/mol. The van der Waals surface area contributed by atoms with Gasteiger partial charge in [-0.2, -0.15) is 5.26 Å². The van der Waals surface area contributed by atoms with Crippen LogP contribution in [0, 0.1) is 11.3 Å². The molecule has 0 atom stereocenters. The van der Waals surface area contributed by atoms with Gasteiger partial charge in [-0.3, -0.25) is 0 Å². The molecule has 1 fully saturated rings. The van der Waals surface area contributed by atoms with Crippen molar-refractivity contribution in [3.8, 4) is 6.07 Å². The predicted octanol–water partition coefficient (Wildman–Crippen LogP) is 1.80. The molecule has 0 bridgehead atoms. The molecular formula is C11H11N3O. The summed E-state index contributed by atoms with van der Waals surface area (Å²) in [7, 11) is 0. The van der Waals surface area contributed by atoms with Crippen molar-refractivity contribution in [2.75, 3.05) is 18.4 Å². The quantitative estimate of drug-likeness (QED) is 0.753. The summed E-state index contributed by atoms with van der Waals surface area (Å²) in [5.41, 5.74) is 1.22. The maximum Gasteiger partial charge on any atom is 0.321 e. The van der Waals surface area contributed by atoms with Crippen LogP contribution in [0.5, 0.6) is 0 Å². The number of carbonyl (C=O) groups excluding carboxylic acids is 1. The molecule has 2 rings (SSSR count). The van der Waals surface area contributed by atoms with Crippen LogP contribution in [0.4, 0.5) is 10.5 Å². The fourth-order valence-electron chi connectivity index (χ4n) is 1.39. The molecular weight excluding hydrogens is 190 g/mol. The van der Waals surface area contributed by atoms with Gasteiger partial charge in [0.25, 0.3) is 0 Å². The van der Waals surface area contributed by atoms with E-state index in [1.807, 2.05) is 6.07 Å². The number of anilines is 1. The standard InChI is InChI=1S/C11H11N3O/c12-8-9-3-1-4-10(7-9)13-11(15)14-5-2-6-14/h1,3-4,7H,2,5-6H2,(H,13,15). The highest BCUT2D eigenvalue weighted by Crippen LogP contribution is 2.13. The molecule has 4 nitrogen and oxygen atoms in total. The lowest BCUT2D eigenvalue weighted by Crippen LogP contribution is -2.44. The molecule has 15 heavy (non-hydrogen) atoms. The lowest BCUT2D eigenvalue weighted by atomic mass is 10.2. The van der Waals surface area contributed by atoms with Crippen molar-refractivity contribution >= 4 is 11.7 Å². The average Bonchev–Trinajstić information content (AvgIpc) is 2.15. The Morgan fingerprint density at radius 3 is 2.87 bits per heavy atom. The third-order valence-corrected chi connectivity index (χ3v) is 2.39. The SMILES string of the molecule is N#Cc1cccc(NC(=O)N2CCC2)c1. The van der Waals surface area contributed by atoms with Crippen molar-refractivity contribution in [2.24, 2.45) is 0 Å². The molecule has 0 saturated carbocycles. The number of nitriles is 1. The number of hydrogen-bond donors (Lipinski definition) is 1. The van der Waals surface area contributed by atoms with Gasteiger partial charge in [-0.1, -0.05) is 6.07 Å². The van der Waals surface area contributed by atoms with Crippen LogP contribution in [0.25, 0.3) is 0 Å². The number of hydrogen-bond acceptors (Lipinski definition) is 2. The third kappa shape index (κ3) is 2.08. The van der Waals surface area contributed by atoms with Crippen molar-refractivity contribution in [3.63, 3.8) is 0 Å². The number of nitrogens with zero attached hydrogens (tertiary/aromatic N) is 2. The molecule has 1 aliphatic heterocycles. The van der Waals surface area contributed by atoms with E-state index >= 15 is 0 Å². The molecule has 76 valence electrons. The van der Waals surface area contributed by atoms with Crippen LogP contribution in [0.2, 0.25) is 0 Å². The molecule has 1 heterocycles. The minimum atomic E-state index is -0.0867. The lowest BCUT2D eigenvalue weighted by Gasteiger charge is -2.30. The van der Waals surface area contributed by atoms with E-state index in [9.17, 15) is 4.79 Å². The lowest BCUT2D eigenvalue weighted by molar-refractivity contribution is 0.181. The van der Waals surface area contributed by atoms with Crippen molar-refractivity contribution < 1.29 is 4.79 Å². The van der Waals surface area contributed by atoms with Crippen LogP contribution < -0.4 is 5.32 Å². The van der Waals surface area contributed by atoms with Crippen LogP contribution in [0.3, 0.4) is 0 Å². The Morgan fingerprint density at radius 1 is 1.47 bits per heavy atom. The molecule has 2 amide bonds. The Hall–Kier alpha value is -2.02. The first kappa shape index (κ1) is 9.53. The molecule has 0 spiro atoms. The first-order chi connectivity index (χ1) is 7.29. The Morgan fingerprint density at radius 2 is 2.27 bits per heavy atom. The smallest absolute Gasteiger partial charge is 0.321 e. The van der Waals surface area contributed by atoms with Gasteiger partial charge >= 0.3 is 6.03 Å². The minimum absolute atomic E-state index is 0.0867. The van der Waals surface area contributed by atoms with Crippen LogP contribution in [0.15, 0.2) is 24.3 Å². The maximum absolute atomic E-state index is 11.5. The zero-order valence-electron chi connectivity index (χ0n) is 8.23. The summed E-state index contributed by atoms with van der Waals surface area (Å²) in [6, 6.07) is 8.85. The number of benzene rings is 1. The van der Waals surface area contributed by atoms with E-state index in [1.54, 1.807) is 29.2 Å². The second kappa shape index (κ2) is 4.01. The van der Waals surface area contributed by atoms with Crippen LogP contribution in [-0.4, -0.2) is 24.0 Å². The Bertz CT molecular complexity index is 418. The first-order valence-electron chi connectivity index (χ1n) is 4.86. The third-order valence-electron chi connectivity index (χ3n) is 2.39. The van der Waals surface area contributed by atoms with Gasteiger partial charge < -0.3 is 10.2 Å². The zero-order chi connectivity index (χ0) is 10.7. The topological polar surface area (TPSA) is 56.1 Å². The minimum Gasteiger partial charge on any atom is -0.324 e. The van der Waals surface area contributed by atoms with E-state index < -0.39 is 0 Å². The van der Waals surface area contributed by atoms with Crippen molar-refractivity contribution in [1.29, 1.82) is 5.26 Å². The molecule has 0 aliphatic carbocycles. The summed E-state index contributed by atoms with van der Waals surface area (Å²) < 4.78 is 0. The number of rotatable bonds is 1. The normalized spacial score (nSPS) is 13.9. The zero-order valence-corrected chi connectivity index (χ0v) is 8.23. The molecule has 4 heteroatoms. The monoisotopic (exact) mass is 201 g/mol. The largest absolute Gasteiger partial charge is 0.324 e. The second-order valence-electron chi connectivity index (χ2n) is 3.46. The van der Waals surface area contributed by atoms with Gasteiger partial charge in [0.1, 0.15) is 0 Å². The molecule has 0 unspecified atom stereocenters. The highest BCUT2D eigenvalue weighted by Gasteiger charge is 2.19. The highest BCUT2D eigenvalue weighted by atomic mass is 16.2. The number of nitrogens with one attached hydrogen (secondary N) is 1. The molecule has 1 aliphatic rings. The summed E-state index contributed by atoms with van der Waals surface area (Å²) in [5, 5.41) is 11.4. The number of likely N-dealkylation sites (tertiary alicyclic amines) is 1. The van der Waals surface area contributed by atoms with Gasteiger partial charge in [0.15, 0.2) is 0 Å². The van der Waals surface area contributed by atoms with Gasteiger partial charge in [0.05, 0.1) is 11.6 Å². The van der Waals surface area contributed by atoms with E-state index in [0.29, 0.717) is 11.3 Å². The first-order valence-corrected chi connectivity index (χ1v) is 4.86. The van der Waals surface area contributed by atoms with E-state index in [1.165, 1.54) is 0 Å². The molecule has 1 N–H and O–H groups in total. The van der Waals surface area contributed by atoms with E-state index in [-0.39, 0.29) is 6.03 Å². The molecule has 1 aromatic rings. The second-order valence-corrected chi connectivity index (χ2v) is 3.46. The van der Waals surface area contributed by atoms with Crippen molar-refractivity contribution in [1.82, 2.24) is 4.90 Å². The average molecular weight is 201 g/mol. The Labute approximate surface area is 88.1 Å². The van der Waals surface area contributed by atoms with Gasteiger partial charge in [-0.05, 0) is 24.6 Å². The molecule has 1 aromatic carbocycles. The fraction of sp³-hybridized carbons (Fsp3) is 0.273. The highest BCUT2D eigenvalue weighted by molar-refractivity contribution is 5.89. The summed E-state index contributed by atoms with van der Waals surface area (Å²) in [6.45, 7) is 1.65. The summed E-state index contributed by atoms with van der Waals surface area (Å²) >= 11 is 0. The van der Waals surface area contributed by atoms with Gasteiger partial charge in [-0.15, -0.1) is 0 Å². The number of amides is 2. The summed E-state index contributed by atoms with van der Waals surface area (Å²) in [6.07, 6.45) is 1.08. The fourth-order valence-corrected chi connectivity index (χ4v) is 1.39.